The second-order valence-electron chi connectivity index (χ2n) is 11.7. The van der Waals surface area contributed by atoms with Crippen LogP contribution in [0.4, 0.5) is 32.0 Å². The predicted molar refractivity (Wildman–Crippen MR) is 148 cm³/mol. The molecule has 2 aromatic carbocycles. The van der Waals surface area contributed by atoms with Crippen LogP contribution in [0.25, 0.3) is 0 Å². The third-order valence-electron chi connectivity index (χ3n) is 9.41. The lowest BCUT2D eigenvalue weighted by Crippen LogP contribution is -2.60. The molecule has 17 heteroatoms. The number of hydrogen-bond acceptors (Lipinski definition) is 6. The van der Waals surface area contributed by atoms with Gasteiger partial charge in [0.05, 0.1) is 11.8 Å². The van der Waals surface area contributed by atoms with Gasteiger partial charge in [-0.25, -0.2) is 31.2 Å². The summed E-state index contributed by atoms with van der Waals surface area (Å²) in [5.74, 6) is -26.6. The molecule has 6 unspecified atom stereocenters. The Bertz CT molecular complexity index is 1830. The molecule has 2 saturated heterocycles. The first-order valence-corrected chi connectivity index (χ1v) is 14.8. The number of imide groups is 2. The molecule has 2 aliphatic heterocycles. The van der Waals surface area contributed by atoms with E-state index < -0.39 is 121 Å². The Morgan fingerprint density at radius 1 is 0.894 bits per heavy atom. The molecular formula is C30H20Cl2F6N2O7. The van der Waals surface area contributed by atoms with Gasteiger partial charge in [-0.05, 0) is 31.2 Å². The molecular weight excluding hydrogens is 685 g/mol. The van der Waals surface area contributed by atoms with E-state index in [-0.39, 0.29) is 36.3 Å². The standard InChI is InChI=1S/C30H20Cl2F6N2O7/c31-29-9-13-10(6-7-11-16(13)26(45)39(25(11)44)8-2-5-15(41)42)17(12-3-1-4-14(33)24(12)43)30(29,32)28(47)40(27(29)46)23-21(37)19(35)18(34)20(36)22(23)38/h1,3-4,6,11,13,16-17,43H,2,5,7-9H2,(H,41,42). The van der Waals surface area contributed by atoms with E-state index in [1.165, 1.54) is 6.08 Å². The number of amides is 4. The number of likely N-dealkylation sites (tertiary alicyclic amines) is 1. The fourth-order valence-corrected chi connectivity index (χ4v) is 8.28. The van der Waals surface area contributed by atoms with Gasteiger partial charge in [-0.15, -0.1) is 23.2 Å². The number of carbonyl (C=O) groups is 5. The van der Waals surface area contributed by atoms with Gasteiger partial charge in [0.25, 0.3) is 11.8 Å². The maximum Gasteiger partial charge on any atom is 0.303 e. The zero-order valence-corrected chi connectivity index (χ0v) is 25.0. The number of phenols is 1. The van der Waals surface area contributed by atoms with E-state index in [4.69, 9.17) is 28.3 Å². The molecule has 6 atom stereocenters. The molecule has 6 rings (SSSR count). The number of hydrogen-bond donors (Lipinski definition) is 2. The van der Waals surface area contributed by atoms with Gasteiger partial charge < -0.3 is 10.2 Å². The summed E-state index contributed by atoms with van der Waals surface area (Å²) in [7, 11) is 0. The fourth-order valence-electron chi connectivity index (χ4n) is 7.35. The zero-order chi connectivity index (χ0) is 34.5. The molecule has 47 heavy (non-hydrogen) atoms. The van der Waals surface area contributed by atoms with E-state index in [9.17, 15) is 46.6 Å². The Hall–Kier alpha value is -4.11. The van der Waals surface area contributed by atoms with Crippen molar-refractivity contribution in [2.75, 3.05) is 11.4 Å². The number of aliphatic carboxylic acids is 1. The Kier molecular flexibility index (Phi) is 7.66. The van der Waals surface area contributed by atoms with Crippen LogP contribution in [-0.4, -0.2) is 61.0 Å². The first-order valence-electron chi connectivity index (χ1n) is 14.0. The normalized spacial score (nSPS) is 30.0. The van der Waals surface area contributed by atoms with Crippen LogP contribution in [0.5, 0.6) is 5.75 Å². The van der Waals surface area contributed by atoms with E-state index in [0.717, 1.165) is 23.1 Å². The van der Waals surface area contributed by atoms with Gasteiger partial charge in [0.15, 0.2) is 44.6 Å². The number of carboxylic acids is 1. The van der Waals surface area contributed by atoms with Crippen molar-refractivity contribution in [2.24, 2.45) is 17.8 Å². The van der Waals surface area contributed by atoms with E-state index >= 15 is 8.78 Å². The molecule has 0 bridgehead atoms. The maximum atomic E-state index is 15.0. The number of aromatic hydroxyl groups is 1. The van der Waals surface area contributed by atoms with Crippen LogP contribution in [-0.2, 0) is 24.0 Å². The van der Waals surface area contributed by atoms with E-state index in [1.54, 1.807) is 0 Å². The Balaban J connectivity index is 1.55. The number of halogens is 8. The summed E-state index contributed by atoms with van der Waals surface area (Å²) in [5, 5.41) is 19.8. The van der Waals surface area contributed by atoms with Crippen molar-refractivity contribution in [1.29, 1.82) is 0 Å². The molecule has 2 aromatic rings. The van der Waals surface area contributed by atoms with Crippen LogP contribution in [0.1, 0.15) is 37.2 Å². The molecule has 2 aliphatic carbocycles. The molecule has 3 fully saturated rings. The number of phenolic OH excluding ortho intramolecular Hbond substituents is 1. The van der Waals surface area contributed by atoms with Crippen LogP contribution in [0.2, 0.25) is 0 Å². The van der Waals surface area contributed by atoms with Gasteiger partial charge in [0, 0.05) is 24.4 Å². The third-order valence-corrected chi connectivity index (χ3v) is 10.8. The van der Waals surface area contributed by atoms with Gasteiger partial charge in [-0.1, -0.05) is 23.8 Å². The highest BCUT2D eigenvalue weighted by Gasteiger charge is 2.77. The molecule has 0 radical (unpaired) electrons. The molecule has 1 saturated carbocycles. The van der Waals surface area contributed by atoms with Gasteiger partial charge in [0.1, 0.15) is 5.69 Å². The second-order valence-corrected chi connectivity index (χ2v) is 12.9. The number of carbonyl (C=O) groups excluding carboxylic acids is 4. The number of alkyl halides is 2. The van der Waals surface area contributed by atoms with Crippen LogP contribution in [0, 0.1) is 52.7 Å². The number of fused-ring (bicyclic) bond motifs is 4. The van der Waals surface area contributed by atoms with Crippen LogP contribution < -0.4 is 4.90 Å². The van der Waals surface area contributed by atoms with Crippen LogP contribution >= 0.6 is 23.2 Å². The molecule has 0 aromatic heterocycles. The minimum Gasteiger partial charge on any atom is -0.505 e. The van der Waals surface area contributed by atoms with Crippen molar-refractivity contribution >= 4 is 58.5 Å². The van der Waals surface area contributed by atoms with Crippen LogP contribution in [0.3, 0.4) is 0 Å². The lowest BCUT2D eigenvalue weighted by molar-refractivity contribution is -0.142. The van der Waals surface area contributed by atoms with Crippen molar-refractivity contribution < 1.29 is 60.5 Å². The van der Waals surface area contributed by atoms with Gasteiger partial charge in [0.2, 0.25) is 17.6 Å². The van der Waals surface area contributed by atoms with Crippen molar-refractivity contribution in [2.45, 2.75) is 41.3 Å². The summed E-state index contributed by atoms with van der Waals surface area (Å²) in [4.78, 5) is 60.9. The summed E-state index contributed by atoms with van der Waals surface area (Å²) in [5.41, 5.74) is -2.41. The number of carboxylic acid groups (broad SMARTS) is 1. The molecule has 9 nitrogen and oxygen atoms in total. The Morgan fingerprint density at radius 3 is 2.13 bits per heavy atom. The number of rotatable bonds is 6. The Labute approximate surface area is 270 Å². The van der Waals surface area contributed by atoms with E-state index in [1.807, 2.05) is 0 Å². The lowest BCUT2D eigenvalue weighted by atomic mass is 9.56. The minimum atomic E-state index is -2.92. The highest BCUT2D eigenvalue weighted by molar-refractivity contribution is 6.58. The lowest BCUT2D eigenvalue weighted by Gasteiger charge is -2.50. The van der Waals surface area contributed by atoms with Crippen LogP contribution in [0.15, 0.2) is 29.8 Å². The molecule has 2 heterocycles. The van der Waals surface area contributed by atoms with Gasteiger partial charge >= 0.3 is 5.97 Å². The van der Waals surface area contributed by atoms with Gasteiger partial charge in [-0.3, -0.25) is 28.9 Å². The quantitative estimate of drug-likeness (QED) is 0.112. The number of benzene rings is 2. The summed E-state index contributed by atoms with van der Waals surface area (Å²) < 4.78 is 87.3. The zero-order valence-electron chi connectivity index (χ0n) is 23.5. The van der Waals surface area contributed by atoms with Crippen molar-refractivity contribution in [3.63, 3.8) is 0 Å². The number of nitrogens with zero attached hydrogens (tertiary/aromatic N) is 2. The average molecular weight is 705 g/mol. The first-order chi connectivity index (χ1) is 22.0. The highest BCUT2D eigenvalue weighted by atomic mass is 35.5. The van der Waals surface area contributed by atoms with E-state index in [2.05, 4.69) is 0 Å². The van der Waals surface area contributed by atoms with Crippen molar-refractivity contribution in [1.82, 2.24) is 4.90 Å². The summed E-state index contributed by atoms with van der Waals surface area (Å²) in [6.07, 6.45) is -0.0356. The number of anilines is 1. The first kappa shape index (κ1) is 32.8. The average Bonchev–Trinajstić information content (AvgIpc) is 3.35. The van der Waals surface area contributed by atoms with Crippen molar-refractivity contribution in [3.05, 3.63) is 70.3 Å². The maximum absolute atomic E-state index is 15.0. The molecule has 4 amide bonds. The summed E-state index contributed by atoms with van der Waals surface area (Å²) in [6.45, 7) is -0.274. The fraction of sp³-hybridized carbons (Fsp3) is 0.367. The molecule has 0 spiro atoms. The molecule has 4 aliphatic rings. The molecule has 248 valence electrons. The predicted octanol–water partition coefficient (Wildman–Crippen LogP) is 4.66. The van der Waals surface area contributed by atoms with E-state index in [0.29, 0.717) is 0 Å². The second kappa shape index (κ2) is 11.0. The summed E-state index contributed by atoms with van der Waals surface area (Å²) >= 11 is 13.8. The topological polar surface area (TPSA) is 132 Å². The highest BCUT2D eigenvalue weighted by Crippen LogP contribution is 2.66. The summed E-state index contributed by atoms with van der Waals surface area (Å²) in [6, 6.07) is 3.02. The minimum absolute atomic E-state index is 0.0207. The number of para-hydroxylation sites is 1. The SMILES string of the molecule is O=C(O)CCCN1C(=O)C2CC=C3C(CC4(Cl)C(=O)N(c5c(F)c(F)c(F)c(F)c5F)C(=O)C4(Cl)C3c3cccc(F)c3O)C2C1=O. The molecule has 2 N–H and O–H groups in total. The number of allylic oxidation sites excluding steroid dienone is 2. The smallest absolute Gasteiger partial charge is 0.303 e. The Morgan fingerprint density at radius 2 is 1.51 bits per heavy atom. The van der Waals surface area contributed by atoms with Crippen molar-refractivity contribution in [3.8, 4) is 5.75 Å². The monoisotopic (exact) mass is 704 g/mol. The third kappa shape index (κ3) is 4.27. The largest absolute Gasteiger partial charge is 0.505 e. The van der Waals surface area contributed by atoms with Gasteiger partial charge in [-0.2, -0.15) is 0 Å².